The Morgan fingerprint density at radius 2 is 1.58 bits per heavy atom. The van der Waals surface area contributed by atoms with Crippen LogP contribution >= 0.6 is 0 Å². The molecule has 0 bridgehead atoms. The zero-order chi connectivity index (χ0) is 13.8. The van der Waals surface area contributed by atoms with Gasteiger partial charge >= 0.3 is 0 Å². The maximum absolute atomic E-state index is 12.6. The minimum Gasteiger partial charge on any atom is -0.343 e. The third kappa shape index (κ3) is 3.71. The van der Waals surface area contributed by atoms with Gasteiger partial charge in [0, 0.05) is 25.0 Å². The van der Waals surface area contributed by atoms with Crippen molar-refractivity contribution in [3.8, 4) is 0 Å². The van der Waals surface area contributed by atoms with Crippen molar-refractivity contribution in [3.05, 3.63) is 0 Å². The van der Waals surface area contributed by atoms with Crippen LogP contribution in [-0.2, 0) is 4.79 Å². The van der Waals surface area contributed by atoms with Gasteiger partial charge in [-0.15, -0.1) is 0 Å². The number of hydrogen-bond donors (Lipinski definition) is 1. The van der Waals surface area contributed by atoms with E-state index in [0.717, 1.165) is 31.6 Å². The first-order valence-corrected chi connectivity index (χ1v) is 8.05. The van der Waals surface area contributed by atoms with Crippen LogP contribution in [0.4, 0.5) is 0 Å². The molecule has 2 aliphatic carbocycles. The molecule has 0 aromatic rings. The highest BCUT2D eigenvalue weighted by Gasteiger charge is 2.31. The number of carbonyl (C=O) groups excluding carboxylic acids is 1. The predicted octanol–water partition coefficient (Wildman–Crippen LogP) is 2.80. The minimum atomic E-state index is 0.309. The van der Waals surface area contributed by atoms with Crippen molar-refractivity contribution in [1.29, 1.82) is 0 Å². The molecule has 19 heavy (non-hydrogen) atoms. The van der Waals surface area contributed by atoms with Crippen molar-refractivity contribution in [1.82, 2.24) is 10.2 Å². The molecule has 0 saturated heterocycles. The summed E-state index contributed by atoms with van der Waals surface area (Å²) in [5.41, 5.74) is 0. The number of carbonyl (C=O) groups is 1. The van der Waals surface area contributed by atoms with E-state index in [2.05, 4.69) is 17.1 Å². The summed E-state index contributed by atoms with van der Waals surface area (Å²) in [7, 11) is 4.08. The van der Waals surface area contributed by atoms with Crippen molar-refractivity contribution >= 4 is 5.91 Å². The van der Waals surface area contributed by atoms with E-state index in [9.17, 15) is 4.79 Å². The van der Waals surface area contributed by atoms with E-state index in [4.69, 9.17) is 0 Å². The summed E-state index contributed by atoms with van der Waals surface area (Å²) < 4.78 is 0. The van der Waals surface area contributed by atoms with Crippen LogP contribution in [0.25, 0.3) is 0 Å². The monoisotopic (exact) mass is 266 g/mol. The number of amides is 1. The fourth-order valence-electron chi connectivity index (χ4n) is 3.73. The van der Waals surface area contributed by atoms with Crippen LogP contribution in [0, 0.1) is 11.8 Å². The molecule has 0 atom stereocenters. The molecule has 1 amide bonds. The predicted molar refractivity (Wildman–Crippen MR) is 79.0 cm³/mol. The van der Waals surface area contributed by atoms with Crippen LogP contribution in [0.2, 0.25) is 0 Å². The van der Waals surface area contributed by atoms with Crippen LogP contribution < -0.4 is 5.32 Å². The maximum atomic E-state index is 12.6. The zero-order valence-corrected chi connectivity index (χ0v) is 12.8. The van der Waals surface area contributed by atoms with Gasteiger partial charge in [-0.25, -0.2) is 0 Å². The summed E-state index contributed by atoms with van der Waals surface area (Å²) in [5.74, 6) is 1.54. The molecule has 0 unspecified atom stereocenters. The summed E-state index contributed by atoms with van der Waals surface area (Å²) in [5, 5.41) is 3.36. The van der Waals surface area contributed by atoms with Gasteiger partial charge < -0.3 is 10.2 Å². The summed E-state index contributed by atoms with van der Waals surface area (Å²) in [6.45, 7) is 2.31. The highest BCUT2D eigenvalue weighted by atomic mass is 16.2. The molecular weight excluding hydrogens is 236 g/mol. The number of nitrogens with zero attached hydrogens (tertiary/aromatic N) is 1. The van der Waals surface area contributed by atoms with Crippen LogP contribution in [0.5, 0.6) is 0 Å². The second kappa shape index (κ2) is 6.74. The second-order valence-electron chi connectivity index (χ2n) is 6.70. The molecule has 2 rings (SSSR count). The first-order valence-electron chi connectivity index (χ1n) is 8.05. The second-order valence-corrected chi connectivity index (χ2v) is 6.70. The summed E-state index contributed by atoms with van der Waals surface area (Å²) in [4.78, 5) is 14.6. The Bertz CT molecular complexity index is 289. The number of rotatable bonds is 3. The molecule has 110 valence electrons. The standard InChI is InChI=1S/C16H30N2O/c1-12-4-6-13(7-5-12)16(19)18(3)15-10-8-14(17-2)9-11-15/h12-15,17H,4-11H2,1-3H3. The molecule has 2 saturated carbocycles. The highest BCUT2D eigenvalue weighted by molar-refractivity contribution is 5.79. The van der Waals surface area contributed by atoms with Crippen molar-refractivity contribution in [2.24, 2.45) is 11.8 Å². The van der Waals surface area contributed by atoms with Gasteiger partial charge in [0.25, 0.3) is 0 Å². The van der Waals surface area contributed by atoms with Crippen LogP contribution in [-0.4, -0.2) is 37.0 Å². The van der Waals surface area contributed by atoms with E-state index in [1.54, 1.807) is 0 Å². The molecule has 0 radical (unpaired) electrons. The Balaban J connectivity index is 1.82. The van der Waals surface area contributed by atoms with Crippen LogP contribution in [0.1, 0.15) is 58.3 Å². The van der Waals surface area contributed by atoms with Gasteiger partial charge in [-0.2, -0.15) is 0 Å². The van der Waals surface area contributed by atoms with E-state index < -0.39 is 0 Å². The lowest BCUT2D eigenvalue weighted by Gasteiger charge is -2.37. The quantitative estimate of drug-likeness (QED) is 0.852. The summed E-state index contributed by atoms with van der Waals surface area (Å²) in [6.07, 6.45) is 9.43. The third-order valence-electron chi connectivity index (χ3n) is 5.37. The molecule has 0 aliphatic heterocycles. The molecule has 2 aliphatic rings. The number of nitrogens with one attached hydrogen (secondary N) is 1. The zero-order valence-electron chi connectivity index (χ0n) is 12.8. The van der Waals surface area contributed by atoms with Gasteiger partial charge in [0.15, 0.2) is 0 Å². The van der Waals surface area contributed by atoms with Gasteiger partial charge in [-0.05, 0) is 64.3 Å². The first kappa shape index (κ1) is 14.8. The topological polar surface area (TPSA) is 32.3 Å². The molecule has 0 aromatic heterocycles. The van der Waals surface area contributed by atoms with Gasteiger partial charge in [-0.1, -0.05) is 6.92 Å². The molecule has 3 nitrogen and oxygen atoms in total. The Hall–Kier alpha value is -0.570. The lowest BCUT2D eigenvalue weighted by molar-refractivity contribution is -0.138. The van der Waals surface area contributed by atoms with Crippen LogP contribution in [0.3, 0.4) is 0 Å². The lowest BCUT2D eigenvalue weighted by Crippen LogP contribution is -2.45. The first-order chi connectivity index (χ1) is 9.11. The fraction of sp³-hybridized carbons (Fsp3) is 0.938. The van der Waals surface area contributed by atoms with E-state index in [1.807, 2.05) is 14.1 Å². The Labute approximate surface area is 118 Å². The Morgan fingerprint density at radius 1 is 1.00 bits per heavy atom. The SMILES string of the molecule is CNC1CCC(N(C)C(=O)C2CCC(C)CC2)CC1. The molecule has 1 N–H and O–H groups in total. The van der Waals surface area contributed by atoms with Crippen molar-refractivity contribution in [2.45, 2.75) is 70.4 Å². The van der Waals surface area contributed by atoms with Crippen molar-refractivity contribution in [3.63, 3.8) is 0 Å². The van der Waals surface area contributed by atoms with Gasteiger partial charge in [0.1, 0.15) is 0 Å². The largest absolute Gasteiger partial charge is 0.343 e. The Morgan fingerprint density at radius 3 is 2.11 bits per heavy atom. The lowest BCUT2D eigenvalue weighted by atomic mass is 9.81. The van der Waals surface area contributed by atoms with Gasteiger partial charge in [0.2, 0.25) is 5.91 Å². The fourth-order valence-corrected chi connectivity index (χ4v) is 3.73. The normalized spacial score (nSPS) is 35.9. The molecule has 0 heterocycles. The third-order valence-corrected chi connectivity index (χ3v) is 5.37. The molecule has 0 aromatic carbocycles. The smallest absolute Gasteiger partial charge is 0.225 e. The Kier molecular flexibility index (Phi) is 5.26. The van der Waals surface area contributed by atoms with Gasteiger partial charge in [0.05, 0.1) is 0 Å². The molecular formula is C16H30N2O. The molecule has 3 heteroatoms. The van der Waals surface area contributed by atoms with Crippen molar-refractivity contribution in [2.75, 3.05) is 14.1 Å². The van der Waals surface area contributed by atoms with E-state index >= 15 is 0 Å². The average molecular weight is 266 g/mol. The van der Waals surface area contributed by atoms with E-state index in [0.29, 0.717) is 23.9 Å². The van der Waals surface area contributed by atoms with Crippen LogP contribution in [0.15, 0.2) is 0 Å². The van der Waals surface area contributed by atoms with E-state index in [1.165, 1.54) is 25.7 Å². The average Bonchev–Trinajstić information content (AvgIpc) is 2.46. The minimum absolute atomic E-state index is 0.309. The summed E-state index contributed by atoms with van der Waals surface area (Å²) >= 11 is 0. The molecule has 0 spiro atoms. The summed E-state index contributed by atoms with van der Waals surface area (Å²) in [6, 6.07) is 1.15. The van der Waals surface area contributed by atoms with Crippen molar-refractivity contribution < 1.29 is 4.79 Å². The number of hydrogen-bond acceptors (Lipinski definition) is 2. The highest BCUT2D eigenvalue weighted by Crippen LogP contribution is 2.31. The van der Waals surface area contributed by atoms with E-state index in [-0.39, 0.29) is 0 Å². The van der Waals surface area contributed by atoms with Gasteiger partial charge in [-0.3, -0.25) is 4.79 Å². The maximum Gasteiger partial charge on any atom is 0.225 e. The molecule has 2 fully saturated rings.